The van der Waals surface area contributed by atoms with Crippen LogP contribution in [0, 0.1) is 17.5 Å². The van der Waals surface area contributed by atoms with Crippen molar-refractivity contribution in [3.8, 4) is 0 Å². The van der Waals surface area contributed by atoms with Crippen LogP contribution in [0.5, 0.6) is 0 Å². The molecule has 4 heterocycles. The molecular formula is C18H18F3N3. The highest BCUT2D eigenvalue weighted by molar-refractivity contribution is 5.20. The van der Waals surface area contributed by atoms with E-state index in [0.29, 0.717) is 30.7 Å². The second-order valence-corrected chi connectivity index (χ2v) is 6.66. The molecule has 0 saturated carbocycles. The lowest BCUT2D eigenvalue weighted by molar-refractivity contribution is -0.0779. The molecule has 3 aliphatic heterocycles. The molecule has 3 aliphatic rings. The zero-order valence-electron chi connectivity index (χ0n) is 13.1. The van der Waals surface area contributed by atoms with Crippen LogP contribution in [-0.4, -0.2) is 40.0 Å². The van der Waals surface area contributed by atoms with Gasteiger partial charge in [0.15, 0.2) is 0 Å². The summed E-state index contributed by atoms with van der Waals surface area (Å²) in [4.78, 5) is 8.44. The number of rotatable bonds is 4. The second-order valence-electron chi connectivity index (χ2n) is 6.66. The van der Waals surface area contributed by atoms with Gasteiger partial charge in [-0.15, -0.1) is 0 Å². The third-order valence-electron chi connectivity index (χ3n) is 4.96. The van der Waals surface area contributed by atoms with Gasteiger partial charge in [-0.3, -0.25) is 14.8 Å². The van der Waals surface area contributed by atoms with E-state index in [2.05, 4.69) is 14.8 Å². The van der Waals surface area contributed by atoms with Crippen LogP contribution in [0.25, 0.3) is 0 Å². The summed E-state index contributed by atoms with van der Waals surface area (Å²) in [6.45, 7) is 2.93. The Morgan fingerprint density at radius 1 is 0.958 bits per heavy atom. The van der Waals surface area contributed by atoms with E-state index in [1.54, 1.807) is 6.20 Å². The molecule has 1 aromatic carbocycles. The number of benzene rings is 1. The first kappa shape index (κ1) is 15.6. The average molecular weight is 333 g/mol. The van der Waals surface area contributed by atoms with Crippen molar-refractivity contribution in [1.29, 1.82) is 0 Å². The topological polar surface area (TPSA) is 19.4 Å². The summed E-state index contributed by atoms with van der Waals surface area (Å²) in [5, 5.41) is 0. The first-order valence-corrected chi connectivity index (χ1v) is 8.10. The Morgan fingerprint density at radius 2 is 1.75 bits per heavy atom. The van der Waals surface area contributed by atoms with Crippen molar-refractivity contribution >= 4 is 0 Å². The van der Waals surface area contributed by atoms with E-state index in [0.717, 1.165) is 31.1 Å². The smallest absolute Gasteiger partial charge is 0.141 e. The van der Waals surface area contributed by atoms with Crippen LogP contribution >= 0.6 is 0 Å². The Hall–Kier alpha value is -1.92. The minimum Gasteiger partial charge on any atom is -0.296 e. The number of hydrogen-bond donors (Lipinski definition) is 0. The minimum atomic E-state index is -0.546. The second kappa shape index (κ2) is 6.18. The van der Waals surface area contributed by atoms with Gasteiger partial charge in [0.1, 0.15) is 17.5 Å². The summed E-state index contributed by atoms with van der Waals surface area (Å²) >= 11 is 0. The lowest BCUT2D eigenvalue weighted by Crippen LogP contribution is -2.67. The Bertz CT molecular complexity index is 740. The summed E-state index contributed by atoms with van der Waals surface area (Å²) in [6.07, 6.45) is 3.99. The van der Waals surface area contributed by atoms with Crippen molar-refractivity contribution in [3.63, 3.8) is 0 Å². The SMILES string of the molecule is Fc1cncc(CN2CC3CC(C2)N3Cc2ccc(F)cc2F)c1. The third-order valence-corrected chi connectivity index (χ3v) is 4.96. The van der Waals surface area contributed by atoms with Crippen LogP contribution in [0.15, 0.2) is 36.7 Å². The van der Waals surface area contributed by atoms with E-state index in [9.17, 15) is 13.2 Å². The fourth-order valence-corrected chi connectivity index (χ4v) is 3.81. The number of halogens is 3. The van der Waals surface area contributed by atoms with Gasteiger partial charge < -0.3 is 0 Å². The van der Waals surface area contributed by atoms with Gasteiger partial charge in [0.2, 0.25) is 0 Å². The predicted molar refractivity (Wildman–Crippen MR) is 83.6 cm³/mol. The molecule has 2 bridgehead atoms. The normalized spacial score (nSPS) is 24.0. The molecule has 3 saturated heterocycles. The molecule has 5 rings (SSSR count). The fourth-order valence-electron chi connectivity index (χ4n) is 3.81. The standard InChI is InChI=1S/C18H18F3N3/c19-14-2-1-13(18(21)4-14)9-24-16-5-17(24)11-23(10-16)8-12-3-15(20)7-22-6-12/h1-4,6-7,16-17H,5,8-11H2. The molecule has 0 amide bonds. The monoisotopic (exact) mass is 333 g/mol. The molecule has 0 spiro atoms. The van der Waals surface area contributed by atoms with Crippen LogP contribution in [0.2, 0.25) is 0 Å². The van der Waals surface area contributed by atoms with Crippen LogP contribution in [0.1, 0.15) is 17.5 Å². The molecule has 0 N–H and O–H groups in total. The van der Waals surface area contributed by atoms with Gasteiger partial charge >= 0.3 is 0 Å². The number of pyridine rings is 1. The largest absolute Gasteiger partial charge is 0.296 e. The van der Waals surface area contributed by atoms with Crippen molar-refractivity contribution in [2.45, 2.75) is 31.6 Å². The predicted octanol–water partition coefficient (Wildman–Crippen LogP) is 2.96. The van der Waals surface area contributed by atoms with Crippen molar-refractivity contribution in [3.05, 3.63) is 65.2 Å². The lowest BCUT2D eigenvalue weighted by atomic mass is 9.86. The molecule has 24 heavy (non-hydrogen) atoms. The van der Waals surface area contributed by atoms with Gasteiger partial charge in [0, 0.05) is 56.1 Å². The summed E-state index contributed by atoms with van der Waals surface area (Å²) in [7, 11) is 0. The van der Waals surface area contributed by atoms with Crippen LogP contribution in [-0.2, 0) is 13.1 Å². The molecule has 2 unspecified atom stereocenters. The Morgan fingerprint density at radius 3 is 2.46 bits per heavy atom. The Balaban J connectivity index is 1.38. The summed E-state index contributed by atoms with van der Waals surface area (Å²) in [5.41, 5.74) is 1.40. The molecule has 3 fully saturated rings. The van der Waals surface area contributed by atoms with E-state index in [1.165, 1.54) is 24.4 Å². The molecule has 6 heteroatoms. The van der Waals surface area contributed by atoms with Crippen molar-refractivity contribution in [1.82, 2.24) is 14.8 Å². The highest BCUT2D eigenvalue weighted by Crippen LogP contribution is 2.34. The molecule has 2 atom stereocenters. The van der Waals surface area contributed by atoms with Gasteiger partial charge in [-0.1, -0.05) is 6.07 Å². The maximum atomic E-state index is 13.8. The average Bonchev–Trinajstić information content (AvgIpc) is 2.54. The number of fused-ring (bicyclic) bond motifs is 2. The highest BCUT2D eigenvalue weighted by atomic mass is 19.1. The van der Waals surface area contributed by atoms with Crippen LogP contribution in [0.3, 0.4) is 0 Å². The molecule has 126 valence electrons. The molecule has 0 aliphatic carbocycles. The zero-order chi connectivity index (χ0) is 16.7. The van der Waals surface area contributed by atoms with Gasteiger partial charge in [0.25, 0.3) is 0 Å². The van der Waals surface area contributed by atoms with E-state index in [1.807, 2.05) is 0 Å². The van der Waals surface area contributed by atoms with E-state index in [-0.39, 0.29) is 5.82 Å². The maximum absolute atomic E-state index is 13.8. The van der Waals surface area contributed by atoms with Crippen molar-refractivity contribution in [2.75, 3.05) is 13.1 Å². The summed E-state index contributed by atoms with van der Waals surface area (Å²) in [6, 6.07) is 6.02. The van der Waals surface area contributed by atoms with Gasteiger partial charge in [-0.2, -0.15) is 0 Å². The van der Waals surface area contributed by atoms with Gasteiger partial charge in [-0.05, 0) is 24.1 Å². The van der Waals surface area contributed by atoms with E-state index >= 15 is 0 Å². The zero-order valence-corrected chi connectivity index (χ0v) is 13.1. The number of aromatic nitrogens is 1. The molecule has 3 nitrogen and oxygen atoms in total. The summed E-state index contributed by atoms with van der Waals surface area (Å²) < 4.78 is 40.1. The third kappa shape index (κ3) is 3.03. The van der Waals surface area contributed by atoms with E-state index < -0.39 is 11.6 Å². The number of nitrogens with zero attached hydrogens (tertiary/aromatic N) is 3. The number of hydrogen-bond acceptors (Lipinski definition) is 3. The quantitative estimate of drug-likeness (QED) is 0.858. The number of piperazine rings is 1. The number of piperidine rings is 1. The lowest BCUT2D eigenvalue weighted by Gasteiger charge is -2.56. The van der Waals surface area contributed by atoms with Crippen molar-refractivity contribution < 1.29 is 13.2 Å². The Kier molecular flexibility index (Phi) is 4.02. The maximum Gasteiger partial charge on any atom is 0.141 e. The fraction of sp³-hybridized carbons (Fsp3) is 0.389. The molecular weight excluding hydrogens is 315 g/mol. The first-order chi connectivity index (χ1) is 11.6. The van der Waals surface area contributed by atoms with Crippen LogP contribution in [0.4, 0.5) is 13.2 Å². The highest BCUT2D eigenvalue weighted by Gasteiger charge is 2.44. The van der Waals surface area contributed by atoms with Gasteiger partial charge in [-0.25, -0.2) is 13.2 Å². The van der Waals surface area contributed by atoms with Crippen LogP contribution < -0.4 is 0 Å². The van der Waals surface area contributed by atoms with Gasteiger partial charge in [0.05, 0.1) is 6.20 Å². The summed E-state index contributed by atoms with van der Waals surface area (Å²) in [5.74, 6) is -1.35. The van der Waals surface area contributed by atoms with Crippen molar-refractivity contribution in [2.24, 2.45) is 0 Å². The molecule has 0 radical (unpaired) electrons. The Labute approximate surface area is 138 Å². The van der Waals surface area contributed by atoms with E-state index in [4.69, 9.17) is 0 Å². The molecule has 2 aromatic rings. The first-order valence-electron chi connectivity index (χ1n) is 8.10. The molecule has 1 aromatic heterocycles. The minimum absolute atomic E-state index is 0.317.